The lowest BCUT2D eigenvalue weighted by atomic mass is 10.1. The fourth-order valence-corrected chi connectivity index (χ4v) is 4.60. The van der Waals surface area contributed by atoms with Gasteiger partial charge in [-0.25, -0.2) is 13.4 Å². The van der Waals surface area contributed by atoms with E-state index < -0.39 is 21.8 Å². The second kappa shape index (κ2) is 9.38. The summed E-state index contributed by atoms with van der Waals surface area (Å²) in [5, 5.41) is 8.34. The molecule has 1 N–H and O–H groups in total. The molecule has 2 heterocycles. The van der Waals surface area contributed by atoms with E-state index in [9.17, 15) is 22.8 Å². The average Bonchev–Trinajstić information content (AvgIpc) is 3.22. The van der Waals surface area contributed by atoms with Gasteiger partial charge in [0.15, 0.2) is 9.84 Å². The summed E-state index contributed by atoms with van der Waals surface area (Å²) in [6.45, 7) is 2.31. The SMILES string of the molecule is CC(NC(=O)CCC(=O)N1CCC(c2ccccc2)=N1)C(=O)N1CCS(=O)(=O)CC1. The third-order valence-corrected chi connectivity index (χ3v) is 6.78. The third kappa shape index (κ3) is 5.65. The Balaban J connectivity index is 1.43. The number of carbonyl (C=O) groups excluding carboxylic acids is 3. The number of hydrogen-bond donors (Lipinski definition) is 1. The predicted octanol–water partition coefficient (Wildman–Crippen LogP) is 0.165. The Labute approximate surface area is 176 Å². The molecule has 0 bridgehead atoms. The first kappa shape index (κ1) is 21.9. The molecule has 3 amide bonds. The molecule has 2 aliphatic rings. The van der Waals surface area contributed by atoms with Crippen molar-refractivity contribution in [3.8, 4) is 0 Å². The lowest BCUT2D eigenvalue weighted by Crippen LogP contribution is -2.51. The summed E-state index contributed by atoms with van der Waals surface area (Å²) in [5.74, 6) is -1.08. The van der Waals surface area contributed by atoms with E-state index in [-0.39, 0.29) is 49.3 Å². The standard InChI is InChI=1S/C20H26N4O5S/c1-15(20(27)23-11-13-30(28,29)14-12-23)21-18(25)7-8-19(26)24-10-9-17(22-24)16-5-3-2-4-6-16/h2-6,15H,7-14H2,1H3,(H,21,25). The van der Waals surface area contributed by atoms with Crippen molar-refractivity contribution >= 4 is 33.3 Å². The lowest BCUT2D eigenvalue weighted by Gasteiger charge is -2.29. The van der Waals surface area contributed by atoms with E-state index in [0.29, 0.717) is 13.0 Å². The number of sulfone groups is 1. The number of benzene rings is 1. The normalized spacial score (nSPS) is 19.2. The number of amides is 3. The van der Waals surface area contributed by atoms with Crippen molar-refractivity contribution in [1.82, 2.24) is 15.2 Å². The molecule has 10 heteroatoms. The number of nitrogens with zero attached hydrogens (tertiary/aromatic N) is 3. The minimum Gasteiger partial charge on any atom is -0.345 e. The van der Waals surface area contributed by atoms with Gasteiger partial charge in [-0.1, -0.05) is 30.3 Å². The molecule has 0 saturated carbocycles. The Morgan fingerprint density at radius 3 is 2.40 bits per heavy atom. The predicted molar refractivity (Wildman–Crippen MR) is 111 cm³/mol. The maximum absolute atomic E-state index is 12.4. The highest BCUT2D eigenvalue weighted by Gasteiger charge is 2.29. The van der Waals surface area contributed by atoms with Crippen LogP contribution in [0.3, 0.4) is 0 Å². The Morgan fingerprint density at radius 2 is 1.73 bits per heavy atom. The molecule has 162 valence electrons. The number of nitrogens with one attached hydrogen (secondary N) is 1. The quantitative estimate of drug-likeness (QED) is 0.685. The van der Waals surface area contributed by atoms with Crippen LogP contribution in [0.1, 0.15) is 31.7 Å². The smallest absolute Gasteiger partial charge is 0.244 e. The van der Waals surface area contributed by atoms with Gasteiger partial charge in [-0.3, -0.25) is 14.4 Å². The van der Waals surface area contributed by atoms with Gasteiger partial charge in [0, 0.05) is 32.4 Å². The zero-order valence-corrected chi connectivity index (χ0v) is 17.7. The van der Waals surface area contributed by atoms with Gasteiger partial charge in [0.25, 0.3) is 0 Å². The second-order valence-electron chi connectivity index (χ2n) is 7.45. The number of hydrogen-bond acceptors (Lipinski definition) is 6. The second-order valence-corrected chi connectivity index (χ2v) is 9.75. The van der Waals surface area contributed by atoms with Crippen LogP contribution in [-0.2, 0) is 24.2 Å². The molecule has 3 rings (SSSR count). The van der Waals surface area contributed by atoms with Crippen LogP contribution in [0, 0.1) is 0 Å². The molecule has 0 aliphatic carbocycles. The van der Waals surface area contributed by atoms with Gasteiger partial charge in [-0.2, -0.15) is 5.10 Å². The Kier molecular flexibility index (Phi) is 6.86. The fraction of sp³-hybridized carbons (Fsp3) is 0.500. The largest absolute Gasteiger partial charge is 0.345 e. The summed E-state index contributed by atoms with van der Waals surface area (Å²) in [5.41, 5.74) is 1.82. The van der Waals surface area contributed by atoms with Crippen molar-refractivity contribution in [1.29, 1.82) is 0 Å². The summed E-state index contributed by atoms with van der Waals surface area (Å²) < 4.78 is 22.9. The average molecular weight is 435 g/mol. The highest BCUT2D eigenvalue weighted by atomic mass is 32.2. The van der Waals surface area contributed by atoms with Gasteiger partial charge in [0.1, 0.15) is 6.04 Å². The van der Waals surface area contributed by atoms with E-state index in [4.69, 9.17) is 0 Å². The van der Waals surface area contributed by atoms with Crippen LogP contribution in [0.15, 0.2) is 35.4 Å². The maximum atomic E-state index is 12.4. The van der Waals surface area contributed by atoms with E-state index >= 15 is 0 Å². The number of hydrazone groups is 1. The summed E-state index contributed by atoms with van der Waals surface area (Å²) in [6, 6.07) is 8.85. The molecular formula is C20H26N4O5S. The van der Waals surface area contributed by atoms with Crippen LogP contribution in [0.2, 0.25) is 0 Å². The molecule has 30 heavy (non-hydrogen) atoms. The number of carbonyl (C=O) groups is 3. The van der Waals surface area contributed by atoms with Crippen LogP contribution in [0.25, 0.3) is 0 Å². The van der Waals surface area contributed by atoms with E-state index in [1.807, 2.05) is 30.3 Å². The molecule has 1 aromatic rings. The summed E-state index contributed by atoms with van der Waals surface area (Å²) in [7, 11) is -3.08. The Bertz CT molecular complexity index is 931. The van der Waals surface area contributed by atoms with Crippen molar-refractivity contribution in [2.24, 2.45) is 5.10 Å². The number of rotatable bonds is 6. The fourth-order valence-electron chi connectivity index (χ4n) is 3.40. The van der Waals surface area contributed by atoms with Crippen molar-refractivity contribution < 1.29 is 22.8 Å². The van der Waals surface area contributed by atoms with E-state index in [0.717, 1.165) is 11.3 Å². The van der Waals surface area contributed by atoms with Crippen LogP contribution in [0.5, 0.6) is 0 Å². The highest BCUT2D eigenvalue weighted by Crippen LogP contribution is 2.15. The topological polar surface area (TPSA) is 116 Å². The van der Waals surface area contributed by atoms with Crippen molar-refractivity contribution in [3.05, 3.63) is 35.9 Å². The van der Waals surface area contributed by atoms with Gasteiger partial charge in [-0.05, 0) is 12.5 Å². The highest BCUT2D eigenvalue weighted by molar-refractivity contribution is 7.91. The van der Waals surface area contributed by atoms with Gasteiger partial charge < -0.3 is 10.2 Å². The monoisotopic (exact) mass is 434 g/mol. The minimum atomic E-state index is -3.08. The molecule has 1 aromatic carbocycles. The Hall–Kier alpha value is -2.75. The van der Waals surface area contributed by atoms with Crippen LogP contribution < -0.4 is 5.32 Å². The van der Waals surface area contributed by atoms with Crippen LogP contribution in [0.4, 0.5) is 0 Å². The summed E-state index contributed by atoms with van der Waals surface area (Å²) >= 11 is 0. The maximum Gasteiger partial charge on any atom is 0.244 e. The zero-order valence-electron chi connectivity index (χ0n) is 16.9. The van der Waals surface area contributed by atoms with Crippen molar-refractivity contribution in [2.75, 3.05) is 31.1 Å². The van der Waals surface area contributed by atoms with E-state index in [1.165, 1.54) is 9.91 Å². The summed E-state index contributed by atoms with van der Waals surface area (Å²) in [4.78, 5) is 38.4. The molecule has 1 fully saturated rings. The van der Waals surface area contributed by atoms with E-state index in [1.54, 1.807) is 6.92 Å². The summed E-state index contributed by atoms with van der Waals surface area (Å²) in [6.07, 6.45) is 0.622. The van der Waals surface area contributed by atoms with Crippen molar-refractivity contribution in [3.63, 3.8) is 0 Å². The first-order chi connectivity index (χ1) is 14.2. The third-order valence-electron chi connectivity index (χ3n) is 5.17. The van der Waals surface area contributed by atoms with Crippen molar-refractivity contribution in [2.45, 2.75) is 32.2 Å². The lowest BCUT2D eigenvalue weighted by molar-refractivity contribution is -0.136. The first-order valence-corrected chi connectivity index (χ1v) is 11.8. The molecule has 0 aromatic heterocycles. The van der Waals surface area contributed by atoms with Crippen LogP contribution >= 0.6 is 0 Å². The van der Waals surface area contributed by atoms with E-state index in [2.05, 4.69) is 10.4 Å². The molecule has 9 nitrogen and oxygen atoms in total. The molecule has 1 unspecified atom stereocenters. The molecule has 0 radical (unpaired) electrons. The van der Waals surface area contributed by atoms with Gasteiger partial charge in [0.2, 0.25) is 17.7 Å². The molecule has 1 saturated heterocycles. The zero-order chi connectivity index (χ0) is 21.7. The van der Waals surface area contributed by atoms with Gasteiger partial charge >= 0.3 is 0 Å². The Morgan fingerprint density at radius 1 is 1.07 bits per heavy atom. The van der Waals surface area contributed by atoms with Crippen LogP contribution in [-0.4, -0.2) is 78.9 Å². The molecule has 0 spiro atoms. The van der Waals surface area contributed by atoms with Gasteiger partial charge in [0.05, 0.1) is 23.8 Å². The minimum absolute atomic E-state index is 0.000269. The molecular weight excluding hydrogens is 408 g/mol. The van der Waals surface area contributed by atoms with Gasteiger partial charge in [-0.15, -0.1) is 0 Å². The first-order valence-electron chi connectivity index (χ1n) is 9.97. The molecule has 2 aliphatic heterocycles. The molecule has 1 atom stereocenters.